The number of halogens is 1. The first kappa shape index (κ1) is 14.0. The zero-order valence-electron chi connectivity index (χ0n) is 10.6. The Balaban J connectivity index is 2.35. The predicted octanol–water partition coefficient (Wildman–Crippen LogP) is 2.16. The first-order chi connectivity index (χ1) is 8.95. The molecule has 2 atom stereocenters. The quantitative estimate of drug-likeness (QED) is 0.923. The van der Waals surface area contributed by atoms with E-state index < -0.39 is 21.4 Å². The number of rotatable bonds is 3. The SMILES string of the molecule is CC1CCCC1NS(=O)(=O)c1cccc(F)c1C#N. The van der Waals surface area contributed by atoms with E-state index in [0.717, 1.165) is 25.3 Å². The fourth-order valence-electron chi connectivity index (χ4n) is 2.42. The van der Waals surface area contributed by atoms with Crippen LogP contribution < -0.4 is 4.72 Å². The second-order valence-corrected chi connectivity index (χ2v) is 6.54. The first-order valence-electron chi connectivity index (χ1n) is 6.16. The topological polar surface area (TPSA) is 70.0 Å². The third kappa shape index (κ3) is 2.77. The van der Waals surface area contributed by atoms with Gasteiger partial charge in [-0.25, -0.2) is 17.5 Å². The van der Waals surface area contributed by atoms with Crippen molar-refractivity contribution in [3.05, 3.63) is 29.6 Å². The van der Waals surface area contributed by atoms with Crippen LogP contribution in [0.3, 0.4) is 0 Å². The van der Waals surface area contributed by atoms with E-state index in [-0.39, 0.29) is 16.9 Å². The van der Waals surface area contributed by atoms with Crippen LogP contribution in [0.25, 0.3) is 0 Å². The van der Waals surface area contributed by atoms with Crippen molar-refractivity contribution in [1.82, 2.24) is 4.72 Å². The standard InChI is InChI=1S/C13H15FN2O2S/c1-9-4-2-6-12(9)16-19(17,18)13-7-3-5-11(14)10(13)8-15/h3,5,7,9,12,16H,2,4,6H2,1H3. The normalized spacial score (nSPS) is 23.2. The number of sulfonamides is 1. The van der Waals surface area contributed by atoms with Crippen molar-refractivity contribution in [3.63, 3.8) is 0 Å². The van der Waals surface area contributed by atoms with Crippen LogP contribution in [0.2, 0.25) is 0 Å². The van der Waals surface area contributed by atoms with Gasteiger partial charge in [0.25, 0.3) is 0 Å². The summed E-state index contributed by atoms with van der Waals surface area (Å²) in [6.07, 6.45) is 2.72. The van der Waals surface area contributed by atoms with Crippen LogP contribution in [0.15, 0.2) is 23.1 Å². The Kier molecular flexibility index (Phi) is 3.88. The fraction of sp³-hybridized carbons (Fsp3) is 0.462. The van der Waals surface area contributed by atoms with Crippen LogP contribution in [0.5, 0.6) is 0 Å². The Bertz CT molecular complexity index is 622. The van der Waals surface area contributed by atoms with E-state index in [4.69, 9.17) is 5.26 Å². The minimum absolute atomic E-state index is 0.139. The Labute approximate surface area is 112 Å². The molecule has 1 aromatic carbocycles. The van der Waals surface area contributed by atoms with Crippen molar-refractivity contribution in [3.8, 4) is 6.07 Å². The van der Waals surface area contributed by atoms with E-state index >= 15 is 0 Å². The van der Waals surface area contributed by atoms with Gasteiger partial charge in [-0.2, -0.15) is 5.26 Å². The molecule has 0 heterocycles. The average Bonchev–Trinajstić information content (AvgIpc) is 2.74. The van der Waals surface area contributed by atoms with E-state index in [1.54, 1.807) is 6.07 Å². The van der Waals surface area contributed by atoms with Gasteiger partial charge in [-0.3, -0.25) is 0 Å². The van der Waals surface area contributed by atoms with Gasteiger partial charge in [0, 0.05) is 6.04 Å². The van der Waals surface area contributed by atoms with Crippen LogP contribution in [-0.2, 0) is 10.0 Å². The summed E-state index contributed by atoms with van der Waals surface area (Å²) < 4.78 is 40.5. The highest BCUT2D eigenvalue weighted by Crippen LogP contribution is 2.27. The maximum absolute atomic E-state index is 13.5. The van der Waals surface area contributed by atoms with E-state index in [2.05, 4.69) is 4.72 Å². The van der Waals surface area contributed by atoms with Crippen LogP contribution >= 0.6 is 0 Å². The van der Waals surface area contributed by atoms with Gasteiger partial charge in [-0.1, -0.05) is 19.4 Å². The van der Waals surface area contributed by atoms with E-state index in [1.165, 1.54) is 12.1 Å². The Hall–Kier alpha value is -1.45. The number of nitrogens with one attached hydrogen (secondary N) is 1. The summed E-state index contributed by atoms with van der Waals surface area (Å²) >= 11 is 0. The third-order valence-electron chi connectivity index (χ3n) is 3.54. The lowest BCUT2D eigenvalue weighted by molar-refractivity contribution is 0.476. The lowest BCUT2D eigenvalue weighted by atomic mass is 10.1. The molecule has 2 unspecified atom stereocenters. The number of nitrogens with zero attached hydrogens (tertiary/aromatic N) is 1. The Morgan fingerprint density at radius 2 is 2.16 bits per heavy atom. The summed E-state index contributed by atoms with van der Waals surface area (Å²) in [5.41, 5.74) is -0.430. The second-order valence-electron chi connectivity index (χ2n) is 4.86. The fourth-order valence-corrected chi connectivity index (χ4v) is 3.97. The molecule has 0 amide bonds. The van der Waals surface area contributed by atoms with Crippen molar-refractivity contribution in [2.45, 2.75) is 37.1 Å². The Morgan fingerprint density at radius 3 is 2.74 bits per heavy atom. The summed E-state index contributed by atoms with van der Waals surface area (Å²) in [6.45, 7) is 1.98. The number of benzene rings is 1. The summed E-state index contributed by atoms with van der Waals surface area (Å²) in [4.78, 5) is -0.283. The lowest BCUT2D eigenvalue weighted by Crippen LogP contribution is -2.36. The van der Waals surface area contributed by atoms with Gasteiger partial charge in [0.2, 0.25) is 10.0 Å². The summed E-state index contributed by atoms with van der Waals surface area (Å²) in [7, 11) is -3.85. The molecule has 4 nitrogen and oxygen atoms in total. The summed E-state index contributed by atoms with van der Waals surface area (Å²) in [5, 5.41) is 8.89. The van der Waals surface area contributed by atoms with E-state index in [9.17, 15) is 12.8 Å². The largest absolute Gasteiger partial charge is 0.242 e. The average molecular weight is 282 g/mol. The highest BCUT2D eigenvalue weighted by molar-refractivity contribution is 7.89. The lowest BCUT2D eigenvalue weighted by Gasteiger charge is -2.17. The highest BCUT2D eigenvalue weighted by Gasteiger charge is 2.30. The molecule has 6 heteroatoms. The molecule has 1 aliphatic carbocycles. The molecule has 1 fully saturated rings. The van der Waals surface area contributed by atoms with Gasteiger partial charge in [-0.15, -0.1) is 0 Å². The first-order valence-corrected chi connectivity index (χ1v) is 7.65. The summed E-state index contributed by atoms with van der Waals surface area (Å²) in [6, 6.07) is 5.10. The molecular formula is C13H15FN2O2S. The van der Waals surface area contributed by atoms with Gasteiger partial charge in [0.1, 0.15) is 22.3 Å². The predicted molar refractivity (Wildman–Crippen MR) is 68.2 cm³/mol. The van der Waals surface area contributed by atoms with E-state index in [1.807, 2.05) is 6.92 Å². The molecule has 0 aromatic heterocycles. The van der Waals surface area contributed by atoms with E-state index in [0.29, 0.717) is 0 Å². The van der Waals surface area contributed by atoms with Crippen molar-refractivity contribution >= 4 is 10.0 Å². The molecule has 0 radical (unpaired) electrons. The second kappa shape index (κ2) is 5.27. The molecule has 0 spiro atoms. The molecule has 1 N–H and O–H groups in total. The molecule has 0 saturated heterocycles. The molecule has 1 aliphatic rings. The maximum Gasteiger partial charge on any atom is 0.242 e. The minimum Gasteiger partial charge on any atom is -0.208 e. The molecule has 19 heavy (non-hydrogen) atoms. The van der Waals surface area contributed by atoms with Crippen LogP contribution in [0, 0.1) is 23.1 Å². The molecule has 1 saturated carbocycles. The molecule has 0 bridgehead atoms. The Morgan fingerprint density at radius 1 is 1.42 bits per heavy atom. The smallest absolute Gasteiger partial charge is 0.208 e. The van der Waals surface area contributed by atoms with Gasteiger partial charge in [0.15, 0.2) is 0 Å². The molecule has 2 rings (SSSR count). The van der Waals surface area contributed by atoms with Crippen molar-refractivity contribution < 1.29 is 12.8 Å². The van der Waals surface area contributed by atoms with Gasteiger partial charge in [-0.05, 0) is 30.9 Å². The molecular weight excluding hydrogens is 267 g/mol. The minimum atomic E-state index is -3.85. The summed E-state index contributed by atoms with van der Waals surface area (Å²) in [5.74, 6) is -0.557. The van der Waals surface area contributed by atoms with Gasteiger partial charge in [0.05, 0.1) is 0 Å². The van der Waals surface area contributed by atoms with Crippen molar-refractivity contribution in [2.24, 2.45) is 5.92 Å². The zero-order chi connectivity index (χ0) is 14.0. The van der Waals surface area contributed by atoms with Gasteiger partial charge < -0.3 is 0 Å². The third-order valence-corrected chi connectivity index (χ3v) is 5.08. The monoisotopic (exact) mass is 282 g/mol. The van der Waals surface area contributed by atoms with Gasteiger partial charge >= 0.3 is 0 Å². The van der Waals surface area contributed by atoms with Crippen LogP contribution in [-0.4, -0.2) is 14.5 Å². The number of hydrogen-bond donors (Lipinski definition) is 1. The van der Waals surface area contributed by atoms with Crippen LogP contribution in [0.1, 0.15) is 31.7 Å². The molecule has 1 aromatic rings. The highest BCUT2D eigenvalue weighted by atomic mass is 32.2. The molecule has 0 aliphatic heterocycles. The molecule has 102 valence electrons. The number of hydrogen-bond acceptors (Lipinski definition) is 3. The van der Waals surface area contributed by atoms with Crippen molar-refractivity contribution in [2.75, 3.05) is 0 Å². The van der Waals surface area contributed by atoms with Crippen LogP contribution in [0.4, 0.5) is 4.39 Å². The zero-order valence-corrected chi connectivity index (χ0v) is 11.4. The maximum atomic E-state index is 13.5. The number of nitriles is 1. The van der Waals surface area contributed by atoms with Crippen molar-refractivity contribution in [1.29, 1.82) is 5.26 Å².